The number of carbonyl (C=O) groups is 2. The lowest BCUT2D eigenvalue weighted by atomic mass is 9.95. The van der Waals surface area contributed by atoms with Crippen LogP contribution in [0.15, 0.2) is 0 Å². The van der Waals surface area contributed by atoms with Crippen LogP contribution in [-0.2, 0) is 9.59 Å². The molecule has 1 aliphatic carbocycles. The summed E-state index contributed by atoms with van der Waals surface area (Å²) in [5.74, 6) is 0.483. The maximum absolute atomic E-state index is 12.1. The minimum atomic E-state index is -0.247. The molecule has 1 aliphatic heterocycles. The molecule has 90 valence electrons. The molecule has 4 nitrogen and oxygen atoms in total. The van der Waals surface area contributed by atoms with E-state index >= 15 is 0 Å². The highest BCUT2D eigenvalue weighted by molar-refractivity contribution is 5.95. The summed E-state index contributed by atoms with van der Waals surface area (Å²) >= 11 is 0. The second-order valence-corrected chi connectivity index (χ2v) is 6.14. The standard InChI is InChI=1S/C12H20N2O2/c1-12(2,3)7-14-6-9(15)13-10(11(14)16)8-4-5-8/h8,10H,4-7H2,1-3H3,(H,13,15). The van der Waals surface area contributed by atoms with Crippen LogP contribution in [-0.4, -0.2) is 35.8 Å². The average Bonchev–Trinajstić information content (AvgIpc) is 2.91. The van der Waals surface area contributed by atoms with Crippen LogP contribution >= 0.6 is 0 Å². The van der Waals surface area contributed by atoms with Crippen molar-refractivity contribution < 1.29 is 9.59 Å². The fraction of sp³-hybridized carbons (Fsp3) is 0.833. The predicted octanol–water partition coefficient (Wildman–Crippen LogP) is 0.769. The first-order chi connectivity index (χ1) is 7.37. The van der Waals surface area contributed by atoms with E-state index in [0.717, 1.165) is 12.8 Å². The molecule has 0 aromatic rings. The highest BCUT2D eigenvalue weighted by atomic mass is 16.2. The minimum absolute atomic E-state index is 0.0132. The van der Waals surface area contributed by atoms with E-state index < -0.39 is 0 Å². The Hall–Kier alpha value is -1.06. The number of amides is 2. The van der Waals surface area contributed by atoms with E-state index in [1.807, 2.05) is 0 Å². The molecule has 0 bridgehead atoms. The van der Waals surface area contributed by atoms with Crippen molar-refractivity contribution in [3.8, 4) is 0 Å². The quantitative estimate of drug-likeness (QED) is 0.753. The molecule has 2 amide bonds. The predicted molar refractivity (Wildman–Crippen MR) is 60.7 cm³/mol. The fourth-order valence-corrected chi connectivity index (χ4v) is 2.18. The fourth-order valence-electron chi connectivity index (χ4n) is 2.18. The second-order valence-electron chi connectivity index (χ2n) is 6.14. The first-order valence-corrected chi connectivity index (χ1v) is 5.95. The minimum Gasteiger partial charge on any atom is -0.342 e. The number of nitrogens with one attached hydrogen (secondary N) is 1. The molecule has 0 aromatic heterocycles. The van der Waals surface area contributed by atoms with Crippen molar-refractivity contribution in [3.05, 3.63) is 0 Å². The Bertz CT molecular complexity index is 315. The van der Waals surface area contributed by atoms with E-state index in [4.69, 9.17) is 0 Å². The molecule has 4 heteroatoms. The van der Waals surface area contributed by atoms with Crippen LogP contribution in [0, 0.1) is 11.3 Å². The van der Waals surface area contributed by atoms with Crippen LogP contribution in [0.1, 0.15) is 33.6 Å². The van der Waals surface area contributed by atoms with Crippen molar-refractivity contribution in [2.45, 2.75) is 39.7 Å². The van der Waals surface area contributed by atoms with Gasteiger partial charge in [0.05, 0.1) is 6.54 Å². The Kier molecular flexibility index (Phi) is 2.68. The lowest BCUT2D eigenvalue weighted by molar-refractivity contribution is -0.146. The topological polar surface area (TPSA) is 49.4 Å². The Balaban J connectivity index is 2.06. The third-order valence-corrected chi connectivity index (χ3v) is 2.99. The Morgan fingerprint density at radius 1 is 1.31 bits per heavy atom. The first kappa shape index (κ1) is 11.4. The van der Waals surface area contributed by atoms with Gasteiger partial charge in [-0.2, -0.15) is 0 Å². The smallest absolute Gasteiger partial charge is 0.245 e. The van der Waals surface area contributed by atoms with E-state index in [0.29, 0.717) is 12.5 Å². The van der Waals surface area contributed by atoms with Crippen molar-refractivity contribution in [3.63, 3.8) is 0 Å². The lowest BCUT2D eigenvalue weighted by Gasteiger charge is -2.36. The summed E-state index contributed by atoms with van der Waals surface area (Å²) in [5.41, 5.74) is 0.0430. The molecular weight excluding hydrogens is 204 g/mol. The maximum Gasteiger partial charge on any atom is 0.245 e. The summed E-state index contributed by atoms with van der Waals surface area (Å²) < 4.78 is 0. The summed E-state index contributed by atoms with van der Waals surface area (Å²) in [4.78, 5) is 25.4. The molecule has 2 aliphatic rings. The van der Waals surface area contributed by atoms with Gasteiger partial charge in [0.2, 0.25) is 11.8 Å². The third kappa shape index (κ3) is 2.54. The van der Waals surface area contributed by atoms with Gasteiger partial charge in [-0.05, 0) is 24.2 Å². The molecule has 1 saturated heterocycles. The van der Waals surface area contributed by atoms with Gasteiger partial charge in [0.1, 0.15) is 6.04 Å². The van der Waals surface area contributed by atoms with Crippen LogP contribution in [0.2, 0.25) is 0 Å². The largest absolute Gasteiger partial charge is 0.342 e. The van der Waals surface area contributed by atoms with E-state index in [1.165, 1.54) is 0 Å². The number of carbonyl (C=O) groups excluding carboxylic acids is 2. The summed E-state index contributed by atoms with van der Waals surface area (Å²) in [6, 6.07) is -0.247. The van der Waals surface area contributed by atoms with Crippen LogP contribution < -0.4 is 5.32 Å². The van der Waals surface area contributed by atoms with Crippen molar-refractivity contribution in [1.29, 1.82) is 0 Å². The van der Waals surface area contributed by atoms with Gasteiger partial charge in [-0.25, -0.2) is 0 Å². The van der Waals surface area contributed by atoms with E-state index in [1.54, 1.807) is 4.90 Å². The zero-order valence-electron chi connectivity index (χ0n) is 10.2. The molecule has 1 heterocycles. The summed E-state index contributed by atoms with van der Waals surface area (Å²) in [7, 11) is 0. The molecular formula is C12H20N2O2. The summed E-state index contributed by atoms with van der Waals surface area (Å²) in [6.45, 7) is 7.12. The van der Waals surface area contributed by atoms with Gasteiger partial charge in [0.15, 0.2) is 0 Å². The number of rotatable bonds is 2. The van der Waals surface area contributed by atoms with Gasteiger partial charge in [-0.1, -0.05) is 20.8 Å². The number of piperazine rings is 1. The zero-order valence-corrected chi connectivity index (χ0v) is 10.2. The van der Waals surface area contributed by atoms with Crippen molar-refractivity contribution in [2.75, 3.05) is 13.1 Å². The molecule has 2 rings (SSSR count). The molecule has 16 heavy (non-hydrogen) atoms. The third-order valence-electron chi connectivity index (χ3n) is 2.99. The highest BCUT2D eigenvalue weighted by Gasteiger charge is 2.43. The van der Waals surface area contributed by atoms with Crippen LogP contribution in [0.4, 0.5) is 0 Å². The zero-order chi connectivity index (χ0) is 11.9. The van der Waals surface area contributed by atoms with Crippen LogP contribution in [0.5, 0.6) is 0 Å². The van der Waals surface area contributed by atoms with Crippen molar-refractivity contribution >= 4 is 11.8 Å². The van der Waals surface area contributed by atoms with Gasteiger partial charge >= 0.3 is 0 Å². The average molecular weight is 224 g/mol. The van der Waals surface area contributed by atoms with Crippen molar-refractivity contribution in [2.24, 2.45) is 11.3 Å². The summed E-state index contributed by atoms with van der Waals surface area (Å²) in [5, 5.41) is 2.81. The number of hydrogen-bond acceptors (Lipinski definition) is 2. The van der Waals surface area contributed by atoms with E-state index in [9.17, 15) is 9.59 Å². The van der Waals surface area contributed by atoms with Crippen molar-refractivity contribution in [1.82, 2.24) is 10.2 Å². The van der Waals surface area contributed by atoms with Gasteiger partial charge in [0.25, 0.3) is 0 Å². The molecule has 0 aromatic carbocycles. The van der Waals surface area contributed by atoms with Crippen LogP contribution in [0.3, 0.4) is 0 Å². The second kappa shape index (κ2) is 3.75. The first-order valence-electron chi connectivity index (χ1n) is 5.95. The van der Waals surface area contributed by atoms with Gasteiger partial charge < -0.3 is 10.2 Å². The number of nitrogens with zero attached hydrogens (tertiary/aromatic N) is 1. The highest BCUT2D eigenvalue weighted by Crippen LogP contribution is 2.34. The molecule has 2 fully saturated rings. The summed E-state index contributed by atoms with van der Waals surface area (Å²) in [6.07, 6.45) is 2.14. The Labute approximate surface area is 96.4 Å². The van der Waals surface area contributed by atoms with Gasteiger partial charge in [0, 0.05) is 6.54 Å². The van der Waals surface area contributed by atoms with E-state index in [2.05, 4.69) is 26.1 Å². The maximum atomic E-state index is 12.1. The lowest BCUT2D eigenvalue weighted by Crippen LogP contribution is -2.60. The molecule has 0 radical (unpaired) electrons. The SMILES string of the molecule is CC(C)(C)CN1CC(=O)NC(C2CC2)C1=O. The number of hydrogen-bond donors (Lipinski definition) is 1. The molecule has 1 N–H and O–H groups in total. The van der Waals surface area contributed by atoms with Gasteiger partial charge in [-0.3, -0.25) is 9.59 Å². The van der Waals surface area contributed by atoms with Gasteiger partial charge in [-0.15, -0.1) is 0 Å². The molecule has 1 saturated carbocycles. The Morgan fingerprint density at radius 3 is 2.44 bits per heavy atom. The Morgan fingerprint density at radius 2 is 1.94 bits per heavy atom. The molecule has 1 unspecified atom stereocenters. The van der Waals surface area contributed by atoms with Crippen LogP contribution in [0.25, 0.3) is 0 Å². The molecule has 0 spiro atoms. The van der Waals surface area contributed by atoms with E-state index in [-0.39, 0.29) is 29.8 Å². The molecule has 1 atom stereocenters. The normalized spacial score (nSPS) is 26.9. The monoisotopic (exact) mass is 224 g/mol.